The number of aliphatic hydroxyl groups is 1. The lowest BCUT2D eigenvalue weighted by Crippen LogP contribution is -2.29. The number of carbonyl (C=O) groups is 2. The van der Waals surface area contributed by atoms with Crippen LogP contribution in [0.5, 0.6) is 11.5 Å². The number of Topliss-reactive ketones (excluding diaryl/α,β-unsaturated/α-hetero) is 1. The third-order valence-corrected chi connectivity index (χ3v) is 8.88. The lowest BCUT2D eigenvalue weighted by atomic mass is 9.95. The maximum absolute atomic E-state index is 13.6. The first kappa shape index (κ1) is 29.3. The predicted molar refractivity (Wildman–Crippen MR) is 165 cm³/mol. The first-order valence-corrected chi connectivity index (χ1v) is 15.3. The number of thioether (sulfide) groups is 1. The van der Waals surface area contributed by atoms with E-state index >= 15 is 0 Å². The quantitative estimate of drug-likeness (QED) is 0.0652. The fourth-order valence-corrected chi connectivity index (χ4v) is 6.34. The Balaban J connectivity index is 1.53. The maximum Gasteiger partial charge on any atom is 0.301 e. The predicted octanol–water partition coefficient (Wildman–Crippen LogP) is 6.89. The van der Waals surface area contributed by atoms with E-state index in [1.165, 1.54) is 28.0 Å². The highest BCUT2D eigenvalue weighted by atomic mass is 32.2. The molecule has 3 aromatic carbocycles. The monoisotopic (exact) mass is 601 g/mol. The minimum atomic E-state index is -0.930. The maximum atomic E-state index is 13.6. The van der Waals surface area contributed by atoms with E-state index in [4.69, 9.17) is 9.47 Å². The summed E-state index contributed by atoms with van der Waals surface area (Å²) in [6, 6.07) is 23.0. The average Bonchev–Trinajstić information content (AvgIpc) is 3.58. The highest BCUT2D eigenvalue weighted by Gasteiger charge is 2.48. The highest BCUT2D eigenvalue weighted by Crippen LogP contribution is 2.44. The summed E-state index contributed by atoms with van der Waals surface area (Å²) in [6.07, 6.45) is 0.883. The van der Waals surface area contributed by atoms with Gasteiger partial charge in [0.25, 0.3) is 5.78 Å². The number of aliphatic hydroxyl groups excluding tert-OH is 1. The van der Waals surface area contributed by atoms with Gasteiger partial charge in [-0.15, -0.1) is 10.2 Å². The molecule has 42 heavy (non-hydrogen) atoms. The van der Waals surface area contributed by atoms with Crippen molar-refractivity contribution in [2.75, 3.05) is 18.6 Å². The van der Waals surface area contributed by atoms with Crippen molar-refractivity contribution in [1.82, 2.24) is 10.2 Å². The zero-order chi connectivity index (χ0) is 29.6. The van der Waals surface area contributed by atoms with Gasteiger partial charge in [-0.05, 0) is 59.9 Å². The van der Waals surface area contributed by atoms with Crippen LogP contribution in [0.25, 0.3) is 5.76 Å². The Labute approximate surface area is 253 Å². The molecule has 10 heteroatoms. The third kappa shape index (κ3) is 6.50. The average molecular weight is 602 g/mol. The molecule has 1 unspecified atom stereocenters. The van der Waals surface area contributed by atoms with Crippen LogP contribution in [-0.2, 0) is 15.3 Å². The molecule has 216 valence electrons. The third-order valence-electron chi connectivity index (χ3n) is 6.75. The van der Waals surface area contributed by atoms with E-state index in [-0.39, 0.29) is 16.5 Å². The first-order chi connectivity index (χ1) is 20.4. The summed E-state index contributed by atoms with van der Waals surface area (Å²) in [5, 5.41) is 20.3. The van der Waals surface area contributed by atoms with Crippen LogP contribution in [0.15, 0.2) is 88.8 Å². The number of aromatic nitrogens is 2. The first-order valence-electron chi connectivity index (χ1n) is 13.5. The highest BCUT2D eigenvalue weighted by molar-refractivity contribution is 8.00. The number of hydrogen-bond donors (Lipinski definition) is 1. The number of hydrogen-bond acceptors (Lipinski definition) is 9. The van der Waals surface area contributed by atoms with E-state index in [2.05, 4.69) is 24.0 Å². The molecular formula is C32H31N3O5S2. The molecular weight excluding hydrogens is 571 g/mol. The van der Waals surface area contributed by atoms with E-state index in [1.54, 1.807) is 37.4 Å². The number of anilines is 1. The van der Waals surface area contributed by atoms with Gasteiger partial charge >= 0.3 is 5.91 Å². The second-order valence-corrected chi connectivity index (χ2v) is 12.3. The molecule has 1 aromatic heterocycles. The molecule has 0 radical (unpaired) electrons. The lowest BCUT2D eigenvalue weighted by molar-refractivity contribution is -0.132. The summed E-state index contributed by atoms with van der Waals surface area (Å²) < 4.78 is 11.9. The SMILES string of the molecule is COc1ccc(C(O)=C2C(=O)C(=O)N(c3nnc(SCc4ccccc4)s3)C2c2cccc(OCCC(C)C)c2)cc1. The summed E-state index contributed by atoms with van der Waals surface area (Å²) in [5.74, 6) is 0.521. The Hall–Kier alpha value is -4.15. The molecule has 1 amide bonds. The molecule has 5 rings (SSSR count). The van der Waals surface area contributed by atoms with E-state index in [1.807, 2.05) is 48.5 Å². The van der Waals surface area contributed by atoms with E-state index < -0.39 is 17.7 Å². The fourth-order valence-electron chi connectivity index (χ4n) is 4.51. The summed E-state index contributed by atoms with van der Waals surface area (Å²) in [5.41, 5.74) is 2.10. The number of benzene rings is 3. The standard InChI is InChI=1S/C32H31N3O5S2/c1-20(2)16-17-40-25-11-7-10-23(18-25)27-26(28(36)22-12-14-24(39-3)15-13-22)29(37)30(38)35(27)31-33-34-32(42-31)41-19-21-8-5-4-6-9-21/h4-15,18,20,27,36H,16-17,19H2,1-3H3. The summed E-state index contributed by atoms with van der Waals surface area (Å²) >= 11 is 2.73. The van der Waals surface area contributed by atoms with E-state index in [0.717, 1.165) is 12.0 Å². The molecule has 1 aliphatic heterocycles. The topological polar surface area (TPSA) is 102 Å². The van der Waals surface area contributed by atoms with Crippen LogP contribution < -0.4 is 14.4 Å². The van der Waals surface area contributed by atoms with Gasteiger partial charge in [-0.25, -0.2) is 0 Å². The van der Waals surface area contributed by atoms with Gasteiger partial charge < -0.3 is 14.6 Å². The van der Waals surface area contributed by atoms with Gasteiger partial charge in [-0.2, -0.15) is 0 Å². The molecule has 1 atom stereocenters. The number of amides is 1. The van der Waals surface area contributed by atoms with Crippen molar-refractivity contribution in [3.8, 4) is 11.5 Å². The van der Waals surface area contributed by atoms with Gasteiger partial charge in [0.15, 0.2) is 4.34 Å². The minimum absolute atomic E-state index is 0.0295. The van der Waals surface area contributed by atoms with Crippen LogP contribution in [0.1, 0.15) is 43.0 Å². The summed E-state index contributed by atoms with van der Waals surface area (Å²) in [4.78, 5) is 28.4. The van der Waals surface area contributed by atoms with Crippen LogP contribution in [-0.4, -0.2) is 40.7 Å². The van der Waals surface area contributed by atoms with Crippen LogP contribution in [0.3, 0.4) is 0 Å². The van der Waals surface area contributed by atoms with Crippen LogP contribution >= 0.6 is 23.1 Å². The van der Waals surface area contributed by atoms with E-state index in [0.29, 0.717) is 45.2 Å². The molecule has 0 aliphatic carbocycles. The van der Waals surface area contributed by atoms with Crippen molar-refractivity contribution in [2.24, 2.45) is 5.92 Å². The van der Waals surface area contributed by atoms with Crippen molar-refractivity contribution >= 4 is 45.7 Å². The second-order valence-electron chi connectivity index (χ2n) is 10.1. The Kier molecular flexibility index (Phi) is 9.24. The number of methoxy groups -OCH3 is 1. The number of nitrogens with zero attached hydrogens (tertiary/aromatic N) is 3. The number of carbonyl (C=O) groups excluding carboxylic acids is 2. The Morgan fingerprint density at radius 2 is 1.76 bits per heavy atom. The van der Waals surface area contributed by atoms with Crippen molar-refractivity contribution < 1.29 is 24.2 Å². The normalized spacial score (nSPS) is 16.3. The molecule has 0 spiro atoms. The van der Waals surface area contributed by atoms with Crippen molar-refractivity contribution in [3.63, 3.8) is 0 Å². The van der Waals surface area contributed by atoms with Crippen molar-refractivity contribution in [2.45, 2.75) is 36.4 Å². The van der Waals surface area contributed by atoms with E-state index in [9.17, 15) is 14.7 Å². The molecule has 8 nitrogen and oxygen atoms in total. The van der Waals surface area contributed by atoms with Crippen LogP contribution in [0, 0.1) is 5.92 Å². The zero-order valence-corrected chi connectivity index (χ0v) is 25.2. The van der Waals surface area contributed by atoms with Gasteiger partial charge in [0.05, 0.1) is 25.3 Å². The van der Waals surface area contributed by atoms with Gasteiger partial charge in [-0.3, -0.25) is 14.5 Å². The molecule has 0 bridgehead atoms. The van der Waals surface area contributed by atoms with Gasteiger partial charge in [-0.1, -0.05) is 79.4 Å². The Morgan fingerprint density at radius 1 is 1.00 bits per heavy atom. The van der Waals surface area contributed by atoms with Crippen molar-refractivity contribution in [3.05, 3.63) is 101 Å². The number of rotatable bonds is 11. The summed E-state index contributed by atoms with van der Waals surface area (Å²) in [7, 11) is 1.55. The molecule has 1 aliphatic rings. The molecule has 1 saturated heterocycles. The number of ketones is 1. The van der Waals surface area contributed by atoms with Gasteiger partial charge in [0.1, 0.15) is 17.3 Å². The smallest absolute Gasteiger partial charge is 0.301 e. The molecule has 1 fully saturated rings. The van der Waals surface area contributed by atoms with Crippen LogP contribution in [0.4, 0.5) is 5.13 Å². The van der Waals surface area contributed by atoms with Gasteiger partial charge in [0, 0.05) is 11.3 Å². The largest absolute Gasteiger partial charge is 0.507 e. The lowest BCUT2D eigenvalue weighted by Gasteiger charge is -2.23. The van der Waals surface area contributed by atoms with Gasteiger partial charge in [0.2, 0.25) is 5.13 Å². The molecule has 0 saturated carbocycles. The Morgan fingerprint density at radius 3 is 2.48 bits per heavy atom. The Bertz CT molecular complexity index is 1590. The minimum Gasteiger partial charge on any atom is -0.507 e. The molecule has 4 aromatic rings. The summed E-state index contributed by atoms with van der Waals surface area (Å²) in [6.45, 7) is 4.79. The molecule has 1 N–H and O–H groups in total. The van der Waals surface area contributed by atoms with Crippen LogP contribution in [0.2, 0.25) is 0 Å². The number of ether oxygens (including phenoxy) is 2. The second kappa shape index (κ2) is 13.2. The zero-order valence-electron chi connectivity index (χ0n) is 23.5. The fraction of sp³-hybridized carbons (Fsp3) is 0.250. The van der Waals surface area contributed by atoms with Crippen molar-refractivity contribution in [1.29, 1.82) is 0 Å². The molecule has 2 heterocycles.